The molecule has 90 valence electrons. The number of aryl methyl sites for hydroxylation is 1. The summed E-state index contributed by atoms with van der Waals surface area (Å²) in [7, 11) is 1.35. The highest BCUT2D eigenvalue weighted by Gasteiger charge is 2.09. The third-order valence-corrected chi connectivity index (χ3v) is 2.57. The molecule has 0 saturated carbocycles. The number of pyridine rings is 1. The predicted octanol–water partition coefficient (Wildman–Crippen LogP) is 2.09. The number of hydrogen-bond acceptors (Lipinski definition) is 4. The van der Waals surface area contributed by atoms with Gasteiger partial charge in [-0.2, -0.15) is 0 Å². The largest absolute Gasteiger partial charge is 0.465 e. The Morgan fingerprint density at radius 1 is 1.53 bits per heavy atom. The number of carbonyl (C=O) groups is 1. The number of nitrogens with one attached hydrogen (secondary N) is 1. The molecule has 0 amide bonds. The molecule has 0 aliphatic heterocycles. The van der Waals surface area contributed by atoms with Crippen molar-refractivity contribution in [1.82, 2.24) is 15.0 Å². The Balaban J connectivity index is 2.31. The number of fused-ring (bicyclic) bond motifs is 1. The zero-order valence-corrected chi connectivity index (χ0v) is 9.99. The maximum Gasteiger partial charge on any atom is 0.339 e. The van der Waals surface area contributed by atoms with Gasteiger partial charge in [0.15, 0.2) is 5.65 Å². The van der Waals surface area contributed by atoms with Crippen molar-refractivity contribution in [2.45, 2.75) is 26.2 Å². The zero-order valence-electron chi connectivity index (χ0n) is 9.99. The summed E-state index contributed by atoms with van der Waals surface area (Å²) in [6.07, 6.45) is 4.60. The molecule has 2 heterocycles. The highest BCUT2D eigenvalue weighted by Crippen LogP contribution is 2.12. The number of H-pyrrole nitrogens is 1. The van der Waals surface area contributed by atoms with Gasteiger partial charge in [-0.25, -0.2) is 14.8 Å². The molecule has 0 fully saturated rings. The first-order valence-electron chi connectivity index (χ1n) is 5.67. The van der Waals surface area contributed by atoms with E-state index in [-0.39, 0.29) is 5.97 Å². The maximum atomic E-state index is 11.3. The Morgan fingerprint density at radius 2 is 2.35 bits per heavy atom. The van der Waals surface area contributed by atoms with Gasteiger partial charge < -0.3 is 9.72 Å². The second-order valence-corrected chi connectivity index (χ2v) is 3.87. The summed E-state index contributed by atoms with van der Waals surface area (Å²) in [5, 5.41) is 0. The van der Waals surface area contributed by atoms with Gasteiger partial charge in [0.05, 0.1) is 18.2 Å². The van der Waals surface area contributed by atoms with Crippen molar-refractivity contribution in [3.63, 3.8) is 0 Å². The van der Waals surface area contributed by atoms with E-state index in [0.29, 0.717) is 11.2 Å². The number of nitrogens with zero attached hydrogens (tertiary/aromatic N) is 2. The number of hydrogen-bond donors (Lipinski definition) is 1. The standard InChI is InChI=1S/C12H15N3O2/c1-3-4-5-10-14-9-6-8(12(16)17-2)7-13-11(9)15-10/h6-7H,3-5H2,1-2H3,(H,13,14,15). The molecule has 2 rings (SSSR count). The van der Waals surface area contributed by atoms with Crippen molar-refractivity contribution >= 4 is 17.1 Å². The van der Waals surface area contributed by atoms with Crippen LogP contribution >= 0.6 is 0 Å². The molecular formula is C12H15N3O2. The van der Waals surface area contributed by atoms with Crippen LogP contribution in [0.25, 0.3) is 11.2 Å². The van der Waals surface area contributed by atoms with E-state index >= 15 is 0 Å². The van der Waals surface area contributed by atoms with Gasteiger partial charge in [0.1, 0.15) is 5.82 Å². The lowest BCUT2D eigenvalue weighted by atomic mass is 10.2. The number of esters is 1. The molecule has 0 spiro atoms. The van der Waals surface area contributed by atoms with Crippen LogP contribution in [0.1, 0.15) is 35.9 Å². The molecule has 0 aliphatic carbocycles. The van der Waals surface area contributed by atoms with E-state index in [4.69, 9.17) is 0 Å². The first kappa shape index (κ1) is 11.6. The van der Waals surface area contributed by atoms with Crippen LogP contribution in [-0.2, 0) is 11.2 Å². The van der Waals surface area contributed by atoms with E-state index in [0.717, 1.165) is 30.6 Å². The topological polar surface area (TPSA) is 67.9 Å². The molecule has 17 heavy (non-hydrogen) atoms. The smallest absolute Gasteiger partial charge is 0.339 e. The molecule has 0 aromatic carbocycles. The predicted molar refractivity (Wildman–Crippen MR) is 63.8 cm³/mol. The molecule has 5 heteroatoms. The second-order valence-electron chi connectivity index (χ2n) is 3.87. The number of aromatic nitrogens is 3. The molecule has 0 bridgehead atoms. The van der Waals surface area contributed by atoms with Crippen LogP contribution in [0.3, 0.4) is 0 Å². The second kappa shape index (κ2) is 4.95. The van der Waals surface area contributed by atoms with E-state index in [1.807, 2.05) is 0 Å². The molecule has 0 unspecified atom stereocenters. The molecule has 0 saturated heterocycles. The van der Waals surface area contributed by atoms with E-state index < -0.39 is 0 Å². The Kier molecular flexibility index (Phi) is 3.37. The minimum absolute atomic E-state index is 0.385. The van der Waals surface area contributed by atoms with Crippen LogP contribution in [0, 0.1) is 0 Å². The zero-order chi connectivity index (χ0) is 12.3. The highest BCUT2D eigenvalue weighted by molar-refractivity contribution is 5.92. The lowest BCUT2D eigenvalue weighted by Gasteiger charge is -1.96. The van der Waals surface area contributed by atoms with Gasteiger partial charge in [-0.15, -0.1) is 0 Å². The summed E-state index contributed by atoms with van der Waals surface area (Å²) in [5.74, 6) is 0.528. The van der Waals surface area contributed by atoms with E-state index in [9.17, 15) is 4.79 Å². The maximum absolute atomic E-state index is 11.3. The monoisotopic (exact) mass is 233 g/mol. The van der Waals surface area contributed by atoms with Crippen molar-refractivity contribution in [2.24, 2.45) is 0 Å². The number of carbonyl (C=O) groups excluding carboxylic acids is 1. The fourth-order valence-corrected chi connectivity index (χ4v) is 1.64. The number of unbranched alkanes of at least 4 members (excludes halogenated alkanes) is 1. The SMILES string of the molecule is CCCCc1nc2ncc(C(=O)OC)cc2[nH]1. The summed E-state index contributed by atoms with van der Waals surface area (Å²) in [4.78, 5) is 23.0. The number of imidazole rings is 1. The lowest BCUT2D eigenvalue weighted by Crippen LogP contribution is -2.01. The summed E-state index contributed by atoms with van der Waals surface area (Å²) in [5.41, 5.74) is 1.86. The number of rotatable bonds is 4. The first-order chi connectivity index (χ1) is 8.24. The number of ether oxygens (including phenoxy) is 1. The van der Waals surface area contributed by atoms with Crippen molar-refractivity contribution < 1.29 is 9.53 Å². The van der Waals surface area contributed by atoms with Crippen molar-refractivity contribution in [3.05, 3.63) is 23.7 Å². The van der Waals surface area contributed by atoms with Crippen molar-refractivity contribution in [1.29, 1.82) is 0 Å². The highest BCUT2D eigenvalue weighted by atomic mass is 16.5. The van der Waals surface area contributed by atoms with E-state index in [1.165, 1.54) is 13.3 Å². The van der Waals surface area contributed by atoms with Crippen LogP contribution in [0.5, 0.6) is 0 Å². The molecule has 0 atom stereocenters. The summed E-state index contributed by atoms with van der Waals surface area (Å²) in [6.45, 7) is 2.14. The summed E-state index contributed by atoms with van der Waals surface area (Å²) >= 11 is 0. The third-order valence-electron chi connectivity index (χ3n) is 2.57. The Morgan fingerprint density at radius 3 is 3.06 bits per heavy atom. The van der Waals surface area contributed by atoms with Gasteiger partial charge in [-0.1, -0.05) is 13.3 Å². The average molecular weight is 233 g/mol. The number of methoxy groups -OCH3 is 1. The minimum atomic E-state index is -0.385. The average Bonchev–Trinajstić information content (AvgIpc) is 2.76. The molecule has 0 radical (unpaired) electrons. The quantitative estimate of drug-likeness (QED) is 0.821. The van der Waals surface area contributed by atoms with Crippen LogP contribution in [0.15, 0.2) is 12.3 Å². The van der Waals surface area contributed by atoms with Gasteiger partial charge in [0.2, 0.25) is 0 Å². The fraction of sp³-hybridized carbons (Fsp3) is 0.417. The molecule has 2 aromatic heterocycles. The normalized spacial score (nSPS) is 10.7. The molecule has 5 nitrogen and oxygen atoms in total. The van der Waals surface area contributed by atoms with Crippen LogP contribution in [0.2, 0.25) is 0 Å². The molecular weight excluding hydrogens is 218 g/mol. The lowest BCUT2D eigenvalue weighted by molar-refractivity contribution is 0.0600. The fourth-order valence-electron chi connectivity index (χ4n) is 1.64. The summed E-state index contributed by atoms with van der Waals surface area (Å²) in [6, 6.07) is 1.72. The first-order valence-corrected chi connectivity index (χ1v) is 5.67. The van der Waals surface area contributed by atoms with Gasteiger partial charge in [0.25, 0.3) is 0 Å². The van der Waals surface area contributed by atoms with Gasteiger partial charge in [0, 0.05) is 12.6 Å². The van der Waals surface area contributed by atoms with Crippen molar-refractivity contribution in [3.8, 4) is 0 Å². The third kappa shape index (κ3) is 2.43. The van der Waals surface area contributed by atoms with Gasteiger partial charge in [-0.05, 0) is 12.5 Å². The van der Waals surface area contributed by atoms with Crippen molar-refractivity contribution in [2.75, 3.05) is 7.11 Å². The van der Waals surface area contributed by atoms with Gasteiger partial charge >= 0.3 is 5.97 Å². The van der Waals surface area contributed by atoms with Crippen LogP contribution in [0.4, 0.5) is 0 Å². The molecule has 1 N–H and O–H groups in total. The van der Waals surface area contributed by atoms with E-state index in [2.05, 4.69) is 26.6 Å². The van der Waals surface area contributed by atoms with E-state index in [1.54, 1.807) is 6.07 Å². The van der Waals surface area contributed by atoms with Crippen LogP contribution < -0.4 is 0 Å². The van der Waals surface area contributed by atoms with Gasteiger partial charge in [-0.3, -0.25) is 0 Å². The Bertz CT molecular complexity index is 534. The number of aromatic amines is 1. The van der Waals surface area contributed by atoms with Crippen LogP contribution in [-0.4, -0.2) is 28.0 Å². The summed E-state index contributed by atoms with van der Waals surface area (Å²) < 4.78 is 4.64. The molecule has 0 aliphatic rings. The minimum Gasteiger partial charge on any atom is -0.465 e. The Hall–Kier alpha value is -1.91. The molecule has 2 aromatic rings. The Labute approximate surface area is 99.2 Å².